The Labute approximate surface area is 119 Å². The summed E-state index contributed by atoms with van der Waals surface area (Å²) in [7, 11) is 0. The van der Waals surface area contributed by atoms with Crippen LogP contribution in [0.1, 0.15) is 25.3 Å². The Bertz CT molecular complexity index is 525. The Morgan fingerprint density at radius 3 is 2.50 bits per heavy atom. The molecule has 0 aromatic heterocycles. The fraction of sp³-hybridized carbons (Fsp3) is 0.294. The Kier molecular flexibility index (Phi) is 5.42. The number of nitrogens with one attached hydrogen (secondary N) is 1. The molecule has 0 radical (unpaired) electrons. The van der Waals surface area contributed by atoms with Crippen molar-refractivity contribution in [3.05, 3.63) is 59.9 Å². The van der Waals surface area contributed by atoms with Gasteiger partial charge in [0.05, 0.1) is 6.61 Å². The molecule has 0 fully saturated rings. The van der Waals surface area contributed by atoms with Gasteiger partial charge in [0.15, 0.2) is 0 Å². The van der Waals surface area contributed by atoms with Crippen LogP contribution >= 0.6 is 0 Å². The predicted molar refractivity (Wildman–Crippen MR) is 80.6 cm³/mol. The van der Waals surface area contributed by atoms with Crippen molar-refractivity contribution < 1.29 is 9.13 Å². The highest BCUT2D eigenvalue weighted by Crippen LogP contribution is 2.17. The van der Waals surface area contributed by atoms with Gasteiger partial charge < -0.3 is 10.1 Å². The van der Waals surface area contributed by atoms with Gasteiger partial charge in [-0.1, -0.05) is 31.5 Å². The van der Waals surface area contributed by atoms with Crippen LogP contribution in [-0.4, -0.2) is 6.61 Å². The number of hydrogen-bond donors (Lipinski definition) is 1. The molecule has 0 aliphatic heterocycles. The second-order valence-corrected chi connectivity index (χ2v) is 4.67. The molecular formula is C17H20FNO. The van der Waals surface area contributed by atoms with Crippen molar-refractivity contribution in [3.63, 3.8) is 0 Å². The first-order chi connectivity index (χ1) is 9.79. The van der Waals surface area contributed by atoms with Crippen LogP contribution in [0, 0.1) is 5.82 Å². The van der Waals surface area contributed by atoms with Crippen LogP contribution in [-0.2, 0) is 6.54 Å². The number of anilines is 1. The zero-order chi connectivity index (χ0) is 14.2. The summed E-state index contributed by atoms with van der Waals surface area (Å²) in [6.07, 6.45) is 2.19. The molecule has 0 amide bonds. The molecule has 1 N–H and O–H groups in total. The molecular weight excluding hydrogens is 253 g/mol. The number of halogens is 1. The first kappa shape index (κ1) is 14.4. The molecule has 0 saturated carbocycles. The van der Waals surface area contributed by atoms with E-state index >= 15 is 0 Å². The highest BCUT2D eigenvalue weighted by Gasteiger charge is 2.00. The van der Waals surface area contributed by atoms with Crippen LogP contribution in [0.2, 0.25) is 0 Å². The van der Waals surface area contributed by atoms with E-state index in [-0.39, 0.29) is 5.82 Å². The highest BCUT2D eigenvalue weighted by atomic mass is 19.1. The van der Waals surface area contributed by atoms with Crippen molar-refractivity contribution in [1.82, 2.24) is 0 Å². The van der Waals surface area contributed by atoms with E-state index in [0.29, 0.717) is 12.1 Å². The standard InChI is InChI=1S/C17H20FNO/c1-2-3-12-20-16-10-8-15(9-11-16)19-13-14-6-4-5-7-17(14)18/h4-11,19H,2-3,12-13H2,1H3. The van der Waals surface area contributed by atoms with E-state index in [9.17, 15) is 4.39 Å². The van der Waals surface area contributed by atoms with E-state index in [1.54, 1.807) is 12.1 Å². The van der Waals surface area contributed by atoms with Crippen LogP contribution in [0.4, 0.5) is 10.1 Å². The maximum absolute atomic E-state index is 13.5. The fourth-order valence-corrected chi connectivity index (χ4v) is 1.84. The maximum atomic E-state index is 13.5. The van der Waals surface area contributed by atoms with Crippen LogP contribution in [0.15, 0.2) is 48.5 Å². The molecule has 2 rings (SSSR count). The molecule has 0 unspecified atom stereocenters. The normalized spacial score (nSPS) is 10.3. The van der Waals surface area contributed by atoms with Gasteiger partial charge in [0.25, 0.3) is 0 Å². The topological polar surface area (TPSA) is 21.3 Å². The number of unbranched alkanes of at least 4 members (excludes halogenated alkanes) is 1. The Balaban J connectivity index is 1.86. The third kappa shape index (κ3) is 4.26. The fourth-order valence-electron chi connectivity index (χ4n) is 1.84. The monoisotopic (exact) mass is 273 g/mol. The lowest BCUT2D eigenvalue weighted by Crippen LogP contribution is -2.01. The average molecular weight is 273 g/mol. The molecule has 20 heavy (non-hydrogen) atoms. The molecule has 0 aliphatic carbocycles. The Morgan fingerprint density at radius 2 is 1.80 bits per heavy atom. The Morgan fingerprint density at radius 1 is 1.05 bits per heavy atom. The molecule has 0 heterocycles. The first-order valence-electron chi connectivity index (χ1n) is 6.99. The zero-order valence-electron chi connectivity index (χ0n) is 11.7. The minimum atomic E-state index is -0.181. The minimum absolute atomic E-state index is 0.181. The van der Waals surface area contributed by atoms with Crippen molar-refractivity contribution in [2.75, 3.05) is 11.9 Å². The second kappa shape index (κ2) is 7.53. The highest BCUT2D eigenvalue weighted by molar-refractivity contribution is 5.46. The molecule has 3 heteroatoms. The van der Waals surface area contributed by atoms with E-state index in [1.807, 2.05) is 30.3 Å². The quantitative estimate of drug-likeness (QED) is 0.743. The summed E-state index contributed by atoms with van der Waals surface area (Å²) in [6, 6.07) is 14.5. The van der Waals surface area contributed by atoms with E-state index in [2.05, 4.69) is 12.2 Å². The van der Waals surface area contributed by atoms with Gasteiger partial charge in [0.2, 0.25) is 0 Å². The summed E-state index contributed by atoms with van der Waals surface area (Å²) >= 11 is 0. The molecule has 106 valence electrons. The molecule has 2 aromatic rings. The number of ether oxygens (including phenoxy) is 1. The molecule has 0 saturated heterocycles. The smallest absolute Gasteiger partial charge is 0.128 e. The molecule has 0 spiro atoms. The summed E-state index contributed by atoms with van der Waals surface area (Å²) in [5.74, 6) is 0.689. The molecule has 2 aromatic carbocycles. The average Bonchev–Trinajstić information content (AvgIpc) is 2.48. The van der Waals surface area contributed by atoms with E-state index < -0.39 is 0 Å². The summed E-state index contributed by atoms with van der Waals surface area (Å²) in [5.41, 5.74) is 1.62. The van der Waals surface area contributed by atoms with Gasteiger partial charge in [-0.15, -0.1) is 0 Å². The molecule has 0 aliphatic rings. The number of hydrogen-bond acceptors (Lipinski definition) is 2. The summed E-state index contributed by atoms with van der Waals surface area (Å²) < 4.78 is 19.1. The number of benzene rings is 2. The first-order valence-corrected chi connectivity index (χ1v) is 6.99. The van der Waals surface area contributed by atoms with Crippen molar-refractivity contribution >= 4 is 5.69 Å². The summed E-state index contributed by atoms with van der Waals surface area (Å²) in [5, 5.41) is 3.20. The third-order valence-corrected chi connectivity index (χ3v) is 3.06. The van der Waals surface area contributed by atoms with Crippen LogP contribution in [0.25, 0.3) is 0 Å². The lowest BCUT2D eigenvalue weighted by Gasteiger charge is -2.09. The van der Waals surface area contributed by atoms with Gasteiger partial charge in [-0.3, -0.25) is 0 Å². The molecule has 0 atom stereocenters. The Hall–Kier alpha value is -2.03. The van der Waals surface area contributed by atoms with Gasteiger partial charge in [0, 0.05) is 17.8 Å². The number of rotatable bonds is 7. The lowest BCUT2D eigenvalue weighted by molar-refractivity contribution is 0.309. The van der Waals surface area contributed by atoms with Crippen molar-refractivity contribution in [3.8, 4) is 5.75 Å². The zero-order valence-corrected chi connectivity index (χ0v) is 11.7. The van der Waals surface area contributed by atoms with Crippen LogP contribution < -0.4 is 10.1 Å². The molecule has 2 nitrogen and oxygen atoms in total. The summed E-state index contributed by atoms with van der Waals surface area (Å²) in [6.45, 7) is 3.36. The van der Waals surface area contributed by atoms with Gasteiger partial charge >= 0.3 is 0 Å². The van der Waals surface area contributed by atoms with Gasteiger partial charge in [-0.25, -0.2) is 4.39 Å². The predicted octanol–water partition coefficient (Wildman–Crippen LogP) is 4.62. The lowest BCUT2D eigenvalue weighted by atomic mass is 10.2. The van der Waals surface area contributed by atoms with E-state index in [1.165, 1.54) is 6.07 Å². The summed E-state index contributed by atoms with van der Waals surface area (Å²) in [4.78, 5) is 0. The molecule has 0 bridgehead atoms. The maximum Gasteiger partial charge on any atom is 0.128 e. The SMILES string of the molecule is CCCCOc1ccc(NCc2ccccc2F)cc1. The van der Waals surface area contributed by atoms with Crippen molar-refractivity contribution in [1.29, 1.82) is 0 Å². The second-order valence-electron chi connectivity index (χ2n) is 4.67. The van der Waals surface area contributed by atoms with E-state index in [0.717, 1.165) is 30.9 Å². The van der Waals surface area contributed by atoms with E-state index in [4.69, 9.17) is 4.74 Å². The van der Waals surface area contributed by atoms with Crippen LogP contribution in [0.3, 0.4) is 0 Å². The van der Waals surface area contributed by atoms with Crippen molar-refractivity contribution in [2.24, 2.45) is 0 Å². The van der Waals surface area contributed by atoms with Gasteiger partial charge in [0.1, 0.15) is 11.6 Å². The van der Waals surface area contributed by atoms with Gasteiger partial charge in [-0.05, 0) is 36.8 Å². The van der Waals surface area contributed by atoms with Crippen LogP contribution in [0.5, 0.6) is 5.75 Å². The minimum Gasteiger partial charge on any atom is -0.494 e. The third-order valence-electron chi connectivity index (χ3n) is 3.06. The van der Waals surface area contributed by atoms with Crippen molar-refractivity contribution in [2.45, 2.75) is 26.3 Å². The van der Waals surface area contributed by atoms with Gasteiger partial charge in [-0.2, -0.15) is 0 Å². The largest absolute Gasteiger partial charge is 0.494 e.